The maximum absolute atomic E-state index is 6.19. The van der Waals surface area contributed by atoms with Gasteiger partial charge in [0.2, 0.25) is 0 Å². The number of ether oxygens (including phenoxy) is 1. The van der Waals surface area contributed by atoms with E-state index in [4.69, 9.17) is 9.73 Å². The Morgan fingerprint density at radius 3 is 2.73 bits per heavy atom. The van der Waals surface area contributed by atoms with Crippen LogP contribution in [-0.2, 0) is 4.74 Å². The van der Waals surface area contributed by atoms with E-state index >= 15 is 0 Å². The molecule has 30 heavy (non-hydrogen) atoms. The van der Waals surface area contributed by atoms with Crippen molar-refractivity contribution in [3.63, 3.8) is 0 Å². The lowest BCUT2D eigenvalue weighted by atomic mass is 9.89. The number of aryl methyl sites for hydroxylation is 1. The van der Waals surface area contributed by atoms with Gasteiger partial charge in [0.1, 0.15) is 12.2 Å². The van der Waals surface area contributed by atoms with Crippen molar-refractivity contribution in [1.82, 2.24) is 25.4 Å². The summed E-state index contributed by atoms with van der Waals surface area (Å²) >= 11 is 0. The first-order valence-electron chi connectivity index (χ1n) is 11.3. The van der Waals surface area contributed by atoms with Crippen LogP contribution in [0.2, 0.25) is 0 Å². The summed E-state index contributed by atoms with van der Waals surface area (Å²) in [5, 5.41) is 10.5. The van der Waals surface area contributed by atoms with E-state index in [0.717, 1.165) is 70.3 Å². The highest BCUT2D eigenvalue weighted by molar-refractivity contribution is 5.80. The molecule has 3 heterocycles. The molecule has 7 nitrogen and oxygen atoms in total. The van der Waals surface area contributed by atoms with Crippen LogP contribution in [0.1, 0.15) is 61.6 Å². The molecule has 162 valence electrons. The summed E-state index contributed by atoms with van der Waals surface area (Å²) < 4.78 is 6.19. The van der Waals surface area contributed by atoms with E-state index in [1.165, 1.54) is 11.1 Å². The van der Waals surface area contributed by atoms with Gasteiger partial charge in [0.05, 0.1) is 6.10 Å². The molecular weight excluding hydrogens is 376 g/mol. The van der Waals surface area contributed by atoms with Crippen molar-refractivity contribution in [1.29, 1.82) is 0 Å². The molecule has 0 bridgehead atoms. The highest BCUT2D eigenvalue weighted by Gasteiger charge is 2.28. The number of hydrogen-bond donors (Lipinski definition) is 2. The van der Waals surface area contributed by atoms with Gasteiger partial charge in [-0.25, -0.2) is 4.98 Å². The van der Waals surface area contributed by atoms with E-state index in [0.29, 0.717) is 11.8 Å². The normalized spacial score (nSPS) is 23.5. The van der Waals surface area contributed by atoms with E-state index in [1.54, 1.807) is 6.33 Å². The number of likely N-dealkylation sites (tertiary alicyclic amines) is 1. The molecule has 1 aromatic heterocycles. The minimum Gasteiger partial charge on any atom is -0.373 e. The SMILES string of the molecule is CCNC(=NCC1CCCOC1c1ccc(C)cc1)N1CCC(c2ncn[nH]2)CC1. The number of H-pyrrole nitrogens is 1. The molecule has 7 heteroatoms. The molecular formula is C23H34N6O. The molecule has 2 fully saturated rings. The largest absolute Gasteiger partial charge is 0.373 e. The molecule has 2 aliphatic rings. The van der Waals surface area contributed by atoms with Gasteiger partial charge in [-0.3, -0.25) is 10.1 Å². The molecule has 2 aliphatic heterocycles. The minimum absolute atomic E-state index is 0.142. The van der Waals surface area contributed by atoms with Gasteiger partial charge in [0, 0.05) is 44.6 Å². The molecule has 2 N–H and O–H groups in total. The smallest absolute Gasteiger partial charge is 0.193 e. The van der Waals surface area contributed by atoms with Gasteiger partial charge in [-0.05, 0) is 45.1 Å². The number of aliphatic imine (C=N–C) groups is 1. The summed E-state index contributed by atoms with van der Waals surface area (Å²) in [5.41, 5.74) is 2.56. The van der Waals surface area contributed by atoms with E-state index in [9.17, 15) is 0 Å². The summed E-state index contributed by atoms with van der Waals surface area (Å²) in [6, 6.07) is 8.77. The van der Waals surface area contributed by atoms with Crippen LogP contribution in [0, 0.1) is 12.8 Å². The first-order valence-corrected chi connectivity index (χ1v) is 11.3. The average molecular weight is 411 g/mol. The van der Waals surface area contributed by atoms with E-state index < -0.39 is 0 Å². The third-order valence-corrected chi connectivity index (χ3v) is 6.28. The fourth-order valence-electron chi connectivity index (χ4n) is 4.56. The number of nitrogens with zero attached hydrogens (tertiary/aromatic N) is 4. The van der Waals surface area contributed by atoms with Crippen molar-refractivity contribution >= 4 is 5.96 Å². The molecule has 4 rings (SSSR count). The van der Waals surface area contributed by atoms with Gasteiger partial charge in [0.15, 0.2) is 5.96 Å². The van der Waals surface area contributed by atoms with Crippen LogP contribution in [0.25, 0.3) is 0 Å². The summed E-state index contributed by atoms with van der Waals surface area (Å²) in [4.78, 5) is 11.8. The number of hydrogen-bond acceptors (Lipinski definition) is 4. The van der Waals surface area contributed by atoms with Crippen molar-refractivity contribution in [3.8, 4) is 0 Å². The molecule has 0 amide bonds. The number of benzene rings is 1. The topological polar surface area (TPSA) is 78.4 Å². The maximum atomic E-state index is 6.19. The fourth-order valence-corrected chi connectivity index (χ4v) is 4.56. The molecule has 0 radical (unpaired) electrons. The number of piperidine rings is 1. The van der Waals surface area contributed by atoms with Crippen LogP contribution in [0.15, 0.2) is 35.6 Å². The maximum Gasteiger partial charge on any atom is 0.193 e. The summed E-state index contributed by atoms with van der Waals surface area (Å²) in [6.07, 6.45) is 6.15. The molecule has 2 unspecified atom stereocenters. The van der Waals surface area contributed by atoms with Crippen molar-refractivity contribution in [2.75, 3.05) is 32.8 Å². The second-order valence-corrected chi connectivity index (χ2v) is 8.43. The molecule has 2 atom stereocenters. The zero-order chi connectivity index (χ0) is 20.8. The Labute approximate surface area is 179 Å². The Hall–Kier alpha value is -2.41. The first-order chi connectivity index (χ1) is 14.7. The molecule has 0 spiro atoms. The van der Waals surface area contributed by atoms with Crippen molar-refractivity contribution < 1.29 is 4.74 Å². The molecule has 0 saturated carbocycles. The molecule has 1 aromatic carbocycles. The van der Waals surface area contributed by atoms with Crippen molar-refractivity contribution in [2.24, 2.45) is 10.9 Å². The van der Waals surface area contributed by atoms with Gasteiger partial charge in [0.25, 0.3) is 0 Å². The van der Waals surface area contributed by atoms with Crippen LogP contribution >= 0.6 is 0 Å². The van der Waals surface area contributed by atoms with E-state index in [2.05, 4.69) is 63.5 Å². The Morgan fingerprint density at radius 2 is 2.03 bits per heavy atom. The van der Waals surface area contributed by atoms with Gasteiger partial charge < -0.3 is 15.0 Å². The van der Waals surface area contributed by atoms with Crippen LogP contribution in [0.3, 0.4) is 0 Å². The summed E-state index contributed by atoms with van der Waals surface area (Å²) in [5.74, 6) is 2.92. The van der Waals surface area contributed by atoms with Gasteiger partial charge in [-0.2, -0.15) is 5.10 Å². The predicted molar refractivity (Wildman–Crippen MR) is 119 cm³/mol. The van der Waals surface area contributed by atoms with Crippen LogP contribution in [0.5, 0.6) is 0 Å². The average Bonchev–Trinajstić information content (AvgIpc) is 3.33. The number of aromatic amines is 1. The van der Waals surface area contributed by atoms with E-state index in [1.807, 2.05) is 0 Å². The fraction of sp³-hybridized carbons (Fsp3) is 0.609. The molecule has 2 saturated heterocycles. The van der Waals surface area contributed by atoms with Crippen molar-refractivity contribution in [3.05, 3.63) is 47.5 Å². The second-order valence-electron chi connectivity index (χ2n) is 8.43. The monoisotopic (exact) mass is 410 g/mol. The van der Waals surface area contributed by atoms with Crippen LogP contribution in [-0.4, -0.2) is 58.8 Å². The zero-order valence-electron chi connectivity index (χ0n) is 18.2. The Bertz CT molecular complexity index is 796. The number of rotatable bonds is 5. The van der Waals surface area contributed by atoms with Crippen LogP contribution < -0.4 is 5.32 Å². The highest BCUT2D eigenvalue weighted by atomic mass is 16.5. The predicted octanol–water partition coefficient (Wildman–Crippen LogP) is 3.43. The first kappa shape index (κ1) is 20.8. The highest BCUT2D eigenvalue weighted by Crippen LogP contribution is 2.34. The standard InChI is InChI=1S/C23H34N6O/c1-3-24-23(29-12-10-19(11-13-29)22-26-16-27-28-22)25-15-20-5-4-14-30-21(20)18-8-6-17(2)7-9-18/h6-9,16,19-21H,3-5,10-15H2,1-2H3,(H,24,25)(H,26,27,28). The van der Waals surface area contributed by atoms with Gasteiger partial charge in [-0.15, -0.1) is 0 Å². The molecule has 0 aliphatic carbocycles. The minimum atomic E-state index is 0.142. The van der Waals surface area contributed by atoms with Gasteiger partial charge in [-0.1, -0.05) is 29.8 Å². The quantitative estimate of drug-likeness (QED) is 0.583. The van der Waals surface area contributed by atoms with Crippen molar-refractivity contribution in [2.45, 2.75) is 51.6 Å². The van der Waals surface area contributed by atoms with E-state index in [-0.39, 0.29) is 6.10 Å². The lowest BCUT2D eigenvalue weighted by molar-refractivity contribution is -0.0250. The number of aromatic nitrogens is 3. The summed E-state index contributed by atoms with van der Waals surface area (Å²) in [7, 11) is 0. The third kappa shape index (κ3) is 5.01. The van der Waals surface area contributed by atoms with Crippen LogP contribution in [0.4, 0.5) is 0 Å². The Morgan fingerprint density at radius 1 is 1.23 bits per heavy atom. The molecule has 2 aromatic rings. The third-order valence-electron chi connectivity index (χ3n) is 6.28. The number of nitrogens with one attached hydrogen (secondary N) is 2. The lowest BCUT2D eigenvalue weighted by Gasteiger charge is -2.35. The van der Waals surface area contributed by atoms with Gasteiger partial charge >= 0.3 is 0 Å². The Balaban J connectivity index is 1.40. The summed E-state index contributed by atoms with van der Waals surface area (Å²) in [6.45, 7) is 8.75. The zero-order valence-corrected chi connectivity index (χ0v) is 18.2. The second kappa shape index (κ2) is 10.1. The number of guanidine groups is 1. The lowest BCUT2D eigenvalue weighted by Crippen LogP contribution is -2.45. The Kier molecular flexibility index (Phi) is 7.00.